The number of halogens is 3. The molecule has 0 aromatic rings. The molecule has 0 saturated carbocycles. The van der Waals surface area contributed by atoms with E-state index in [9.17, 15) is 18.3 Å². The summed E-state index contributed by atoms with van der Waals surface area (Å²) in [5, 5.41) is 9.34. The average molecular weight is 199 g/mol. The minimum Gasteiger partial charge on any atom is -0.393 e. The predicted molar refractivity (Wildman–Crippen MR) is 44.1 cm³/mol. The van der Waals surface area contributed by atoms with Crippen LogP contribution < -0.4 is 5.73 Å². The van der Waals surface area contributed by atoms with E-state index in [0.717, 1.165) is 0 Å². The molecule has 0 amide bonds. The molecule has 0 fully saturated rings. The first kappa shape index (κ1) is 12.7. The third kappa shape index (κ3) is 4.47. The van der Waals surface area contributed by atoms with Crippen molar-refractivity contribution in [1.29, 1.82) is 0 Å². The van der Waals surface area contributed by atoms with Crippen molar-refractivity contribution >= 4 is 0 Å². The van der Waals surface area contributed by atoms with Gasteiger partial charge in [-0.3, -0.25) is 0 Å². The lowest BCUT2D eigenvalue weighted by molar-refractivity contribution is -0.156. The number of rotatable bonds is 2. The van der Waals surface area contributed by atoms with Crippen molar-refractivity contribution in [2.75, 3.05) is 0 Å². The van der Waals surface area contributed by atoms with Crippen LogP contribution in [0.5, 0.6) is 0 Å². The Morgan fingerprint density at radius 1 is 1.23 bits per heavy atom. The first-order valence-corrected chi connectivity index (χ1v) is 4.05. The van der Waals surface area contributed by atoms with Crippen molar-refractivity contribution in [3.63, 3.8) is 0 Å². The maximum Gasteiger partial charge on any atom is 0.403 e. The Labute approximate surface area is 75.9 Å². The van der Waals surface area contributed by atoms with Crippen LogP contribution in [0.3, 0.4) is 0 Å². The van der Waals surface area contributed by atoms with Crippen LogP contribution in [0, 0.1) is 5.41 Å². The van der Waals surface area contributed by atoms with Gasteiger partial charge in [0.2, 0.25) is 0 Å². The van der Waals surface area contributed by atoms with E-state index in [1.54, 1.807) is 20.8 Å². The van der Waals surface area contributed by atoms with E-state index in [4.69, 9.17) is 5.73 Å². The lowest BCUT2D eigenvalue weighted by atomic mass is 9.85. The molecule has 0 aliphatic carbocycles. The van der Waals surface area contributed by atoms with Gasteiger partial charge in [0.25, 0.3) is 0 Å². The number of aliphatic hydroxyl groups is 1. The smallest absolute Gasteiger partial charge is 0.393 e. The topological polar surface area (TPSA) is 46.2 Å². The van der Waals surface area contributed by atoms with Crippen LogP contribution in [0.2, 0.25) is 0 Å². The fourth-order valence-corrected chi connectivity index (χ4v) is 0.728. The highest BCUT2D eigenvalue weighted by atomic mass is 19.4. The summed E-state index contributed by atoms with van der Waals surface area (Å²) in [6.45, 7) is 5.00. The molecule has 3 N–H and O–H groups in total. The lowest BCUT2D eigenvalue weighted by Crippen LogP contribution is -2.43. The number of alkyl halides is 3. The van der Waals surface area contributed by atoms with E-state index in [-0.39, 0.29) is 0 Å². The van der Waals surface area contributed by atoms with E-state index < -0.39 is 30.2 Å². The Hall–Kier alpha value is -0.290. The Kier molecular flexibility index (Phi) is 3.75. The van der Waals surface area contributed by atoms with Gasteiger partial charge in [-0.25, -0.2) is 0 Å². The summed E-state index contributed by atoms with van der Waals surface area (Å²) in [5.74, 6) is 0. The molecule has 0 radical (unpaired) electrons. The normalized spacial score (nSPS) is 18.5. The molecule has 0 bridgehead atoms. The van der Waals surface area contributed by atoms with E-state index >= 15 is 0 Å². The van der Waals surface area contributed by atoms with Crippen LogP contribution in [0.15, 0.2) is 0 Å². The number of nitrogens with two attached hydrogens (primary N) is 1. The molecule has 2 atom stereocenters. The molecular formula is C8H16F3NO. The zero-order valence-electron chi connectivity index (χ0n) is 8.02. The summed E-state index contributed by atoms with van der Waals surface area (Å²) >= 11 is 0. The Bertz CT molecular complexity index is 144. The first-order chi connectivity index (χ1) is 5.55. The van der Waals surface area contributed by atoms with E-state index in [1.165, 1.54) is 0 Å². The molecule has 0 spiro atoms. The van der Waals surface area contributed by atoms with Gasteiger partial charge in [-0.2, -0.15) is 13.2 Å². The fourth-order valence-electron chi connectivity index (χ4n) is 0.728. The molecular weight excluding hydrogens is 183 g/mol. The summed E-state index contributed by atoms with van der Waals surface area (Å²) in [4.78, 5) is 0. The highest BCUT2D eigenvalue weighted by molar-refractivity contribution is 4.80. The van der Waals surface area contributed by atoms with Crippen LogP contribution in [-0.2, 0) is 0 Å². The van der Waals surface area contributed by atoms with Crippen molar-refractivity contribution in [1.82, 2.24) is 0 Å². The monoisotopic (exact) mass is 199 g/mol. The quantitative estimate of drug-likeness (QED) is 0.710. The third-order valence-corrected chi connectivity index (χ3v) is 1.90. The second-order valence-corrected chi connectivity index (χ2v) is 4.27. The van der Waals surface area contributed by atoms with Crippen LogP contribution >= 0.6 is 0 Å². The van der Waals surface area contributed by atoms with Gasteiger partial charge in [0.05, 0.1) is 6.10 Å². The Morgan fingerprint density at radius 3 is 1.85 bits per heavy atom. The highest BCUT2D eigenvalue weighted by Gasteiger charge is 2.39. The Morgan fingerprint density at radius 2 is 1.62 bits per heavy atom. The summed E-state index contributed by atoms with van der Waals surface area (Å²) < 4.78 is 35.9. The molecule has 2 nitrogen and oxygen atoms in total. The lowest BCUT2D eigenvalue weighted by Gasteiger charge is -2.28. The molecule has 0 unspecified atom stereocenters. The second-order valence-electron chi connectivity index (χ2n) is 4.27. The highest BCUT2D eigenvalue weighted by Crippen LogP contribution is 2.27. The van der Waals surface area contributed by atoms with Crippen molar-refractivity contribution in [2.45, 2.75) is 45.5 Å². The molecule has 0 heterocycles. The maximum atomic E-state index is 12.0. The molecule has 13 heavy (non-hydrogen) atoms. The third-order valence-electron chi connectivity index (χ3n) is 1.90. The maximum absolute atomic E-state index is 12.0. The average Bonchev–Trinajstić information content (AvgIpc) is 1.82. The zero-order valence-corrected chi connectivity index (χ0v) is 8.02. The second kappa shape index (κ2) is 3.84. The summed E-state index contributed by atoms with van der Waals surface area (Å²) in [7, 11) is 0. The van der Waals surface area contributed by atoms with Crippen LogP contribution in [0.25, 0.3) is 0 Å². The van der Waals surface area contributed by atoms with Gasteiger partial charge < -0.3 is 10.8 Å². The Balaban J connectivity index is 4.15. The van der Waals surface area contributed by atoms with Gasteiger partial charge in [0.1, 0.15) is 6.04 Å². The van der Waals surface area contributed by atoms with Gasteiger partial charge in [0.15, 0.2) is 0 Å². The van der Waals surface area contributed by atoms with Crippen LogP contribution in [-0.4, -0.2) is 23.4 Å². The summed E-state index contributed by atoms with van der Waals surface area (Å²) in [5.41, 5.74) is 4.30. The van der Waals surface area contributed by atoms with E-state index in [2.05, 4.69) is 0 Å². The van der Waals surface area contributed by atoms with Gasteiger partial charge in [0, 0.05) is 0 Å². The largest absolute Gasteiger partial charge is 0.403 e. The first-order valence-electron chi connectivity index (χ1n) is 4.05. The van der Waals surface area contributed by atoms with Crippen molar-refractivity contribution in [3.8, 4) is 0 Å². The van der Waals surface area contributed by atoms with E-state index in [1.807, 2.05) is 0 Å². The zero-order chi connectivity index (χ0) is 10.9. The number of hydrogen-bond acceptors (Lipinski definition) is 2. The van der Waals surface area contributed by atoms with Crippen molar-refractivity contribution in [3.05, 3.63) is 0 Å². The SMILES string of the molecule is CC(C)(C)[C@H](O)C[C@H](N)C(F)(F)F. The molecule has 80 valence electrons. The van der Waals surface area contributed by atoms with E-state index in [0.29, 0.717) is 0 Å². The van der Waals surface area contributed by atoms with Gasteiger partial charge in [-0.1, -0.05) is 20.8 Å². The van der Waals surface area contributed by atoms with Crippen molar-refractivity contribution < 1.29 is 18.3 Å². The standard InChI is InChI=1S/C8H16F3NO/c1-7(2,3)6(13)4-5(12)8(9,10)11/h5-6,13H,4,12H2,1-3H3/t5-,6+/m0/s1. The molecule has 0 aliphatic rings. The molecule has 0 rings (SSSR count). The van der Waals surface area contributed by atoms with Crippen LogP contribution in [0.1, 0.15) is 27.2 Å². The molecule has 0 aromatic heterocycles. The molecule has 5 heteroatoms. The minimum atomic E-state index is -4.42. The summed E-state index contributed by atoms with van der Waals surface area (Å²) in [6, 6.07) is -1.94. The molecule has 0 aromatic carbocycles. The molecule has 0 aliphatic heterocycles. The predicted octanol–water partition coefficient (Wildman–Crippen LogP) is 1.67. The van der Waals surface area contributed by atoms with Gasteiger partial charge in [-0.15, -0.1) is 0 Å². The van der Waals surface area contributed by atoms with Crippen LogP contribution in [0.4, 0.5) is 13.2 Å². The van der Waals surface area contributed by atoms with Gasteiger partial charge >= 0.3 is 6.18 Å². The number of hydrogen-bond donors (Lipinski definition) is 2. The van der Waals surface area contributed by atoms with Crippen molar-refractivity contribution in [2.24, 2.45) is 11.1 Å². The van der Waals surface area contributed by atoms with Gasteiger partial charge in [-0.05, 0) is 11.8 Å². The summed E-state index contributed by atoms with van der Waals surface area (Å²) in [6.07, 6.45) is -5.91. The molecule has 0 saturated heterocycles. The fraction of sp³-hybridized carbons (Fsp3) is 1.00. The number of aliphatic hydroxyl groups excluding tert-OH is 1. The minimum absolute atomic E-state index is 0.451.